The number of aliphatic carboxylic acids is 1. The van der Waals surface area contributed by atoms with Gasteiger partial charge in [-0.3, -0.25) is 10.1 Å². The van der Waals surface area contributed by atoms with Crippen molar-refractivity contribution >= 4 is 17.9 Å². The van der Waals surface area contributed by atoms with Crippen LogP contribution in [0.1, 0.15) is 11.1 Å². The number of rotatable bonds is 4. The molecule has 0 aromatic heterocycles. The molecule has 7 nitrogen and oxygen atoms in total. The number of fused-ring (bicyclic) bond motifs is 1. The highest BCUT2D eigenvalue weighted by molar-refractivity contribution is 5.95. The Morgan fingerprint density at radius 2 is 1.75 bits per heavy atom. The highest BCUT2D eigenvalue weighted by Crippen LogP contribution is 2.21. The van der Waals surface area contributed by atoms with Crippen LogP contribution in [0.15, 0.2) is 24.3 Å². The van der Waals surface area contributed by atoms with Crippen molar-refractivity contribution in [2.45, 2.75) is 13.1 Å². The summed E-state index contributed by atoms with van der Waals surface area (Å²) in [5, 5.41) is 10.5. The smallest absolute Gasteiger partial charge is 0.329 e. The number of ether oxygens (including phenoxy) is 1. The number of imide groups is 1. The van der Waals surface area contributed by atoms with Crippen molar-refractivity contribution in [1.29, 1.82) is 0 Å². The molecule has 1 aliphatic heterocycles. The molecule has 0 atom stereocenters. The molecule has 0 bridgehead atoms. The van der Waals surface area contributed by atoms with Crippen molar-refractivity contribution in [3.8, 4) is 0 Å². The maximum absolute atomic E-state index is 11.8. The summed E-state index contributed by atoms with van der Waals surface area (Å²) < 4.78 is 4.60. The number of hydrogen-bond acceptors (Lipinski definition) is 4. The van der Waals surface area contributed by atoms with Gasteiger partial charge in [-0.1, -0.05) is 24.3 Å². The third kappa shape index (κ3) is 3.55. The van der Waals surface area contributed by atoms with Crippen molar-refractivity contribution in [1.82, 2.24) is 10.2 Å². The van der Waals surface area contributed by atoms with Crippen LogP contribution < -0.4 is 5.32 Å². The third-order valence-corrected chi connectivity index (χ3v) is 2.83. The van der Waals surface area contributed by atoms with Crippen LogP contribution >= 0.6 is 0 Å². The van der Waals surface area contributed by atoms with E-state index in [1.165, 1.54) is 4.90 Å². The topological polar surface area (TPSA) is 95.9 Å². The van der Waals surface area contributed by atoms with E-state index in [9.17, 15) is 14.4 Å². The van der Waals surface area contributed by atoms with Gasteiger partial charge in [0.25, 0.3) is 5.91 Å². The second-order valence-corrected chi connectivity index (χ2v) is 4.36. The fraction of sp³-hybridized carbons (Fsp3) is 0.308. The Hall–Kier alpha value is -2.41. The molecule has 106 valence electrons. The van der Waals surface area contributed by atoms with Gasteiger partial charge in [-0.2, -0.15) is 0 Å². The van der Waals surface area contributed by atoms with Crippen molar-refractivity contribution < 1.29 is 24.2 Å². The number of hydrogen-bond donors (Lipinski definition) is 2. The van der Waals surface area contributed by atoms with Gasteiger partial charge < -0.3 is 14.7 Å². The normalized spacial score (nSPS) is 12.9. The molecule has 0 radical (unpaired) electrons. The fourth-order valence-electron chi connectivity index (χ4n) is 1.94. The van der Waals surface area contributed by atoms with Crippen molar-refractivity contribution in [2.75, 3.05) is 13.2 Å². The number of carboxylic acid groups (broad SMARTS) is 1. The molecule has 0 aliphatic carbocycles. The molecule has 1 heterocycles. The average molecular weight is 278 g/mol. The molecule has 0 fully saturated rings. The minimum Gasteiger partial charge on any atom is -0.480 e. The first-order chi connectivity index (χ1) is 9.56. The molecule has 20 heavy (non-hydrogen) atoms. The second-order valence-electron chi connectivity index (χ2n) is 4.36. The van der Waals surface area contributed by atoms with E-state index in [0.29, 0.717) is 13.1 Å². The zero-order chi connectivity index (χ0) is 14.5. The summed E-state index contributed by atoms with van der Waals surface area (Å²) in [6, 6.07) is 7.14. The van der Waals surface area contributed by atoms with Crippen LogP contribution in [0.2, 0.25) is 0 Å². The number of nitrogens with zero attached hydrogens (tertiary/aromatic N) is 1. The lowest BCUT2D eigenvalue weighted by Crippen LogP contribution is -2.41. The summed E-state index contributed by atoms with van der Waals surface area (Å²) in [6.07, 6.45) is 0. The van der Waals surface area contributed by atoms with E-state index in [1.807, 2.05) is 24.3 Å². The highest BCUT2D eigenvalue weighted by Gasteiger charge is 2.23. The Morgan fingerprint density at radius 3 is 2.30 bits per heavy atom. The first-order valence-electron chi connectivity index (χ1n) is 6.01. The number of carbonyl (C=O) groups is 3. The van der Waals surface area contributed by atoms with E-state index in [-0.39, 0.29) is 0 Å². The Balaban J connectivity index is 1.79. The van der Waals surface area contributed by atoms with E-state index in [2.05, 4.69) is 10.1 Å². The zero-order valence-electron chi connectivity index (χ0n) is 10.7. The Morgan fingerprint density at radius 1 is 1.15 bits per heavy atom. The summed E-state index contributed by atoms with van der Waals surface area (Å²) >= 11 is 0. The minimum atomic E-state index is -1.17. The van der Waals surface area contributed by atoms with Gasteiger partial charge in [0, 0.05) is 13.1 Å². The standard InChI is InChI=1S/C13H14N2O5/c16-11(7-20-8-12(17)18)14-13(19)15-5-9-3-1-2-4-10(9)6-15/h1-4H,5-8H2,(H,17,18)(H,14,16,19). The number of carbonyl (C=O) groups excluding carboxylic acids is 2. The fourth-order valence-corrected chi connectivity index (χ4v) is 1.94. The summed E-state index contributed by atoms with van der Waals surface area (Å²) in [5.74, 6) is -1.83. The van der Waals surface area contributed by atoms with Crippen molar-refractivity contribution in [2.24, 2.45) is 0 Å². The Kier molecular flexibility index (Phi) is 4.31. The molecule has 1 aromatic carbocycles. The molecule has 2 N–H and O–H groups in total. The second kappa shape index (κ2) is 6.16. The molecule has 0 unspecified atom stereocenters. The van der Waals surface area contributed by atoms with Gasteiger partial charge in [-0.05, 0) is 11.1 Å². The Labute approximate surface area is 115 Å². The van der Waals surface area contributed by atoms with Crippen LogP contribution in [-0.4, -0.2) is 41.1 Å². The number of carboxylic acids is 1. The van der Waals surface area contributed by atoms with Gasteiger partial charge in [0.05, 0.1) is 0 Å². The van der Waals surface area contributed by atoms with Crippen LogP contribution in [0.3, 0.4) is 0 Å². The summed E-state index contributed by atoms with van der Waals surface area (Å²) in [5.41, 5.74) is 2.11. The quantitative estimate of drug-likeness (QED) is 0.828. The SMILES string of the molecule is O=C(O)COCC(=O)NC(=O)N1Cc2ccccc2C1. The number of amides is 3. The number of nitrogens with one attached hydrogen (secondary N) is 1. The largest absolute Gasteiger partial charge is 0.480 e. The van der Waals surface area contributed by atoms with Gasteiger partial charge >= 0.3 is 12.0 Å². The maximum atomic E-state index is 11.8. The summed E-state index contributed by atoms with van der Waals surface area (Å²) in [6.45, 7) is -0.133. The molecule has 0 saturated heterocycles. The highest BCUT2D eigenvalue weighted by atomic mass is 16.5. The number of urea groups is 1. The summed E-state index contributed by atoms with van der Waals surface area (Å²) in [7, 11) is 0. The van der Waals surface area contributed by atoms with E-state index in [4.69, 9.17) is 5.11 Å². The molecular weight excluding hydrogens is 264 g/mol. The predicted octanol–water partition coefficient (Wildman–Crippen LogP) is 0.340. The molecule has 1 aliphatic rings. The first kappa shape index (κ1) is 14.0. The van der Waals surface area contributed by atoms with Crippen LogP contribution in [0.25, 0.3) is 0 Å². The minimum absolute atomic E-state index is 0.450. The Bertz CT molecular complexity index is 518. The number of benzene rings is 1. The molecule has 2 rings (SSSR count). The van der Waals surface area contributed by atoms with Gasteiger partial charge in [0.1, 0.15) is 13.2 Å². The molecule has 1 aromatic rings. The van der Waals surface area contributed by atoms with E-state index < -0.39 is 31.1 Å². The van der Waals surface area contributed by atoms with Crippen LogP contribution in [-0.2, 0) is 27.4 Å². The van der Waals surface area contributed by atoms with Crippen LogP contribution in [0.4, 0.5) is 4.79 Å². The average Bonchev–Trinajstić information content (AvgIpc) is 2.82. The lowest BCUT2D eigenvalue weighted by Gasteiger charge is -2.15. The molecule has 3 amide bonds. The lowest BCUT2D eigenvalue weighted by molar-refractivity contribution is -0.143. The lowest BCUT2D eigenvalue weighted by atomic mass is 10.1. The first-order valence-corrected chi connectivity index (χ1v) is 6.01. The molecule has 7 heteroatoms. The molecule has 0 saturated carbocycles. The van der Waals surface area contributed by atoms with Gasteiger partial charge in [0.2, 0.25) is 0 Å². The summed E-state index contributed by atoms with van der Waals surface area (Å²) in [4.78, 5) is 34.9. The van der Waals surface area contributed by atoms with Gasteiger partial charge in [-0.25, -0.2) is 9.59 Å². The van der Waals surface area contributed by atoms with Crippen LogP contribution in [0, 0.1) is 0 Å². The maximum Gasteiger partial charge on any atom is 0.329 e. The van der Waals surface area contributed by atoms with Crippen molar-refractivity contribution in [3.05, 3.63) is 35.4 Å². The van der Waals surface area contributed by atoms with Crippen molar-refractivity contribution in [3.63, 3.8) is 0 Å². The molecule has 0 spiro atoms. The van der Waals surface area contributed by atoms with Crippen LogP contribution in [0.5, 0.6) is 0 Å². The molecular formula is C13H14N2O5. The van der Waals surface area contributed by atoms with E-state index >= 15 is 0 Å². The van der Waals surface area contributed by atoms with Gasteiger partial charge in [0.15, 0.2) is 0 Å². The third-order valence-electron chi connectivity index (χ3n) is 2.83. The predicted molar refractivity (Wildman–Crippen MR) is 67.7 cm³/mol. The van der Waals surface area contributed by atoms with Gasteiger partial charge in [-0.15, -0.1) is 0 Å². The van der Waals surface area contributed by atoms with E-state index in [1.54, 1.807) is 0 Å². The van der Waals surface area contributed by atoms with E-state index in [0.717, 1.165) is 11.1 Å². The zero-order valence-corrected chi connectivity index (χ0v) is 10.7. The monoisotopic (exact) mass is 278 g/mol.